The molecule has 1 heterocycles. The van der Waals surface area contributed by atoms with Gasteiger partial charge in [0.15, 0.2) is 6.17 Å². The maximum atomic E-state index is 12.3. The van der Waals surface area contributed by atoms with E-state index in [1.165, 1.54) is 14.0 Å². The summed E-state index contributed by atoms with van der Waals surface area (Å²) in [5.41, 5.74) is -1.35. The molecule has 0 saturated heterocycles. The van der Waals surface area contributed by atoms with Crippen molar-refractivity contribution in [3.63, 3.8) is 0 Å². The zero-order chi connectivity index (χ0) is 11.9. The Morgan fingerprint density at radius 3 is 2.53 bits per heavy atom. The normalized spacial score (nSPS) is 33.0. The van der Waals surface area contributed by atoms with Gasteiger partial charge in [0.1, 0.15) is 5.41 Å². The molecule has 0 radical (unpaired) electrons. The molecule has 2 unspecified atom stereocenters. The van der Waals surface area contributed by atoms with Crippen molar-refractivity contribution in [1.29, 1.82) is 0 Å². The van der Waals surface area contributed by atoms with Crippen LogP contribution in [0.1, 0.15) is 6.92 Å². The molecule has 15 heavy (non-hydrogen) atoms. The first-order valence-corrected chi connectivity index (χ1v) is 4.21. The summed E-state index contributed by atoms with van der Waals surface area (Å²) < 4.78 is 37.0. The Labute approximate surface area is 84.4 Å². The molecule has 0 bridgehead atoms. The van der Waals surface area contributed by atoms with Crippen LogP contribution in [0.4, 0.5) is 13.2 Å². The molecule has 7 heteroatoms. The van der Waals surface area contributed by atoms with E-state index in [9.17, 15) is 18.0 Å². The van der Waals surface area contributed by atoms with Crippen molar-refractivity contribution in [2.75, 3.05) is 13.6 Å². The van der Waals surface area contributed by atoms with Gasteiger partial charge in [0.2, 0.25) is 0 Å². The van der Waals surface area contributed by atoms with Crippen molar-refractivity contribution >= 4 is 12.2 Å². The molecule has 0 amide bonds. The molecule has 1 rings (SSSR count). The summed E-state index contributed by atoms with van der Waals surface area (Å²) in [7, 11) is 1.20. The topological polar surface area (TPSA) is 52.9 Å². The van der Waals surface area contributed by atoms with Gasteiger partial charge in [-0.15, -0.1) is 0 Å². The average molecular weight is 224 g/mol. The highest BCUT2D eigenvalue weighted by Crippen LogP contribution is 2.31. The largest absolute Gasteiger partial charge is 0.481 e. The third kappa shape index (κ3) is 2.28. The number of nitrogens with zero attached hydrogens (tertiary/aromatic N) is 2. The van der Waals surface area contributed by atoms with Crippen LogP contribution >= 0.6 is 0 Å². The number of hydrogen-bond donors (Lipinski definition) is 1. The Kier molecular flexibility index (Phi) is 2.77. The van der Waals surface area contributed by atoms with E-state index in [1.54, 1.807) is 0 Å². The SMILES string of the molecule is CN1CC(C)(C(=O)O)C=NC1C(F)(F)F. The van der Waals surface area contributed by atoms with Crippen molar-refractivity contribution < 1.29 is 23.1 Å². The smallest absolute Gasteiger partial charge is 0.424 e. The molecule has 1 aliphatic rings. The Morgan fingerprint density at radius 2 is 2.20 bits per heavy atom. The minimum Gasteiger partial charge on any atom is -0.481 e. The first-order chi connectivity index (χ1) is 6.67. The van der Waals surface area contributed by atoms with Gasteiger partial charge in [-0.05, 0) is 14.0 Å². The second-order valence-electron chi connectivity index (χ2n) is 3.83. The molecular weight excluding hydrogens is 213 g/mol. The van der Waals surface area contributed by atoms with Gasteiger partial charge in [0.05, 0.1) is 0 Å². The van der Waals surface area contributed by atoms with Crippen molar-refractivity contribution in [3.05, 3.63) is 0 Å². The van der Waals surface area contributed by atoms with Crippen LogP contribution in [-0.2, 0) is 4.79 Å². The van der Waals surface area contributed by atoms with Crippen molar-refractivity contribution in [2.45, 2.75) is 19.3 Å². The fourth-order valence-electron chi connectivity index (χ4n) is 1.45. The summed E-state index contributed by atoms with van der Waals surface area (Å²) in [5, 5.41) is 8.81. The average Bonchev–Trinajstić information content (AvgIpc) is 2.00. The van der Waals surface area contributed by atoms with Gasteiger partial charge in [-0.2, -0.15) is 13.2 Å². The first kappa shape index (κ1) is 12.0. The predicted octanol–water partition coefficient (Wildman–Crippen LogP) is 0.982. The van der Waals surface area contributed by atoms with Crippen LogP contribution in [-0.4, -0.2) is 48.1 Å². The molecule has 0 aliphatic carbocycles. The van der Waals surface area contributed by atoms with Crippen molar-refractivity contribution in [3.8, 4) is 0 Å². The summed E-state index contributed by atoms with van der Waals surface area (Å²) in [6.45, 7) is 1.12. The standard InChI is InChI=1S/C8H11F3N2O2/c1-7(6(14)15)3-12-5(8(9,10)11)13(2)4-7/h3,5H,4H2,1-2H3,(H,14,15). The molecule has 1 aliphatic heterocycles. The first-order valence-electron chi connectivity index (χ1n) is 4.21. The minimum absolute atomic E-state index is 0.212. The van der Waals surface area contributed by atoms with Gasteiger partial charge < -0.3 is 5.11 Å². The van der Waals surface area contributed by atoms with E-state index in [0.29, 0.717) is 0 Å². The number of carboxylic acids is 1. The van der Waals surface area contributed by atoms with Crippen molar-refractivity contribution in [2.24, 2.45) is 10.4 Å². The van der Waals surface area contributed by atoms with Gasteiger partial charge in [0.25, 0.3) is 0 Å². The number of hydrogen-bond acceptors (Lipinski definition) is 3. The lowest BCUT2D eigenvalue weighted by atomic mass is 9.90. The van der Waals surface area contributed by atoms with Crippen LogP contribution < -0.4 is 0 Å². The zero-order valence-corrected chi connectivity index (χ0v) is 8.25. The number of carbonyl (C=O) groups is 1. The maximum Gasteiger partial charge on any atom is 0.424 e. The van der Waals surface area contributed by atoms with Gasteiger partial charge in [-0.25, -0.2) is 0 Å². The zero-order valence-electron chi connectivity index (χ0n) is 8.25. The molecule has 0 aromatic rings. The molecule has 4 nitrogen and oxygen atoms in total. The number of aliphatic carboxylic acids is 1. The van der Waals surface area contributed by atoms with E-state index in [-0.39, 0.29) is 6.54 Å². The van der Waals surface area contributed by atoms with Crippen LogP contribution in [0, 0.1) is 5.41 Å². The summed E-state index contributed by atoms with van der Waals surface area (Å²) in [5.74, 6) is -1.18. The van der Waals surface area contributed by atoms with Crippen LogP contribution in [0.2, 0.25) is 0 Å². The van der Waals surface area contributed by atoms with Gasteiger partial charge in [-0.1, -0.05) is 0 Å². The summed E-state index contributed by atoms with van der Waals surface area (Å²) in [6, 6.07) is 0. The Morgan fingerprint density at radius 1 is 1.67 bits per heavy atom. The highest BCUT2D eigenvalue weighted by Gasteiger charge is 2.48. The number of alkyl halides is 3. The fraction of sp³-hybridized carbons (Fsp3) is 0.750. The summed E-state index contributed by atoms with van der Waals surface area (Å²) >= 11 is 0. The number of carboxylic acid groups (broad SMARTS) is 1. The fourth-order valence-corrected chi connectivity index (χ4v) is 1.45. The van der Waals surface area contributed by atoms with E-state index in [4.69, 9.17) is 5.11 Å². The molecule has 0 spiro atoms. The quantitative estimate of drug-likeness (QED) is 0.722. The molecule has 0 fully saturated rings. The van der Waals surface area contributed by atoms with Gasteiger partial charge >= 0.3 is 12.1 Å². The predicted molar refractivity (Wildman–Crippen MR) is 46.7 cm³/mol. The van der Waals surface area contributed by atoms with Crippen LogP contribution in [0.3, 0.4) is 0 Å². The molecule has 0 saturated carbocycles. The molecule has 1 N–H and O–H groups in total. The van der Waals surface area contributed by atoms with E-state index in [0.717, 1.165) is 11.1 Å². The Bertz CT molecular complexity index is 303. The Balaban J connectivity index is 2.94. The van der Waals surface area contributed by atoms with Gasteiger partial charge in [0, 0.05) is 12.8 Å². The Hall–Kier alpha value is -1.11. The van der Waals surface area contributed by atoms with Crippen molar-refractivity contribution in [1.82, 2.24) is 4.90 Å². The molecule has 86 valence electrons. The summed E-state index contributed by atoms with van der Waals surface area (Å²) in [4.78, 5) is 14.9. The third-order valence-electron chi connectivity index (χ3n) is 2.28. The third-order valence-corrected chi connectivity index (χ3v) is 2.28. The minimum atomic E-state index is -4.47. The highest BCUT2D eigenvalue weighted by molar-refractivity contribution is 5.94. The lowest BCUT2D eigenvalue weighted by Gasteiger charge is -2.36. The van der Waals surface area contributed by atoms with E-state index in [2.05, 4.69) is 4.99 Å². The van der Waals surface area contributed by atoms with Gasteiger partial charge in [-0.3, -0.25) is 14.7 Å². The molecular formula is C8H11F3N2O2. The van der Waals surface area contributed by atoms with Crippen LogP contribution in [0.5, 0.6) is 0 Å². The second kappa shape index (κ2) is 3.48. The number of aliphatic imine (C=N–C) groups is 1. The number of rotatable bonds is 1. The van der Waals surface area contributed by atoms with E-state index >= 15 is 0 Å². The molecule has 0 aromatic heterocycles. The lowest BCUT2D eigenvalue weighted by Crippen LogP contribution is -2.53. The second-order valence-corrected chi connectivity index (χ2v) is 3.83. The number of halogens is 3. The van der Waals surface area contributed by atoms with E-state index < -0.39 is 23.7 Å². The van der Waals surface area contributed by atoms with Crippen LogP contribution in [0.25, 0.3) is 0 Å². The maximum absolute atomic E-state index is 12.3. The summed E-state index contributed by atoms with van der Waals surface area (Å²) in [6.07, 6.45) is -5.54. The lowest BCUT2D eigenvalue weighted by molar-refractivity contribution is -0.184. The van der Waals surface area contributed by atoms with Crippen LogP contribution in [0.15, 0.2) is 4.99 Å². The highest BCUT2D eigenvalue weighted by atomic mass is 19.4. The molecule has 0 aromatic carbocycles. The van der Waals surface area contributed by atoms with E-state index in [1.807, 2.05) is 0 Å². The monoisotopic (exact) mass is 224 g/mol. The molecule has 2 atom stereocenters.